The minimum absolute atomic E-state index is 0.707. The van der Waals surface area contributed by atoms with Gasteiger partial charge in [-0.15, -0.1) is 0 Å². The van der Waals surface area contributed by atoms with Crippen molar-refractivity contribution in [3.63, 3.8) is 0 Å². The van der Waals surface area contributed by atoms with Crippen LogP contribution in [0.3, 0.4) is 0 Å². The number of hydrogen-bond donors (Lipinski definition) is 0. The molecule has 0 unspecified atom stereocenters. The highest BCUT2D eigenvalue weighted by Crippen LogP contribution is 2.29. The van der Waals surface area contributed by atoms with Gasteiger partial charge in [-0.05, 0) is 36.1 Å². The van der Waals surface area contributed by atoms with Crippen molar-refractivity contribution < 1.29 is 0 Å². The minimum atomic E-state index is -0.957. The Balaban J connectivity index is 2.74. The normalized spacial score (nSPS) is 12.7. The Morgan fingerprint density at radius 3 is 1.27 bits per heavy atom. The monoisotopic (exact) mass is 374 g/mol. The van der Waals surface area contributed by atoms with Gasteiger partial charge in [0.1, 0.15) is 0 Å². The first kappa shape index (κ1) is 20.3. The van der Waals surface area contributed by atoms with E-state index in [0.29, 0.717) is 10.0 Å². The van der Waals surface area contributed by atoms with Crippen LogP contribution in [-0.4, -0.2) is 16.1 Å². The molecule has 4 heteroatoms. The number of aryl methyl sites for hydroxylation is 2. The summed E-state index contributed by atoms with van der Waals surface area (Å²) in [7, 11) is -1.91. The summed E-state index contributed by atoms with van der Waals surface area (Å²) in [4.78, 5) is 0. The molecule has 0 atom stereocenters. The fourth-order valence-electron chi connectivity index (χ4n) is 2.71. The van der Waals surface area contributed by atoms with Crippen molar-refractivity contribution in [1.82, 2.24) is 0 Å². The van der Waals surface area contributed by atoms with Gasteiger partial charge in [0.2, 0.25) is 0 Å². The van der Waals surface area contributed by atoms with Gasteiger partial charge in [-0.1, -0.05) is 87.4 Å². The van der Waals surface area contributed by atoms with Crippen molar-refractivity contribution in [2.24, 2.45) is 0 Å². The van der Waals surface area contributed by atoms with E-state index in [1.165, 1.54) is 36.1 Å². The summed E-state index contributed by atoms with van der Waals surface area (Å²) in [5.41, 5.74) is 2.84. The molecule has 22 heavy (non-hydrogen) atoms. The quantitative estimate of drug-likeness (QED) is 0.412. The Kier molecular flexibility index (Phi) is 7.71. The second kappa shape index (κ2) is 8.37. The maximum absolute atomic E-state index is 6.24. The molecule has 0 spiro atoms. The first-order valence-electron chi connectivity index (χ1n) is 8.45. The van der Waals surface area contributed by atoms with E-state index in [2.05, 4.69) is 51.4 Å². The van der Waals surface area contributed by atoms with Gasteiger partial charge < -0.3 is 0 Å². The van der Waals surface area contributed by atoms with Crippen LogP contribution in [0, 0.1) is 0 Å². The molecule has 0 amide bonds. The van der Waals surface area contributed by atoms with Crippen LogP contribution in [0.1, 0.15) is 24.0 Å². The van der Waals surface area contributed by atoms with Gasteiger partial charge in [0.05, 0.1) is 10.0 Å². The molecule has 0 aliphatic carbocycles. The van der Waals surface area contributed by atoms with Crippen LogP contribution >= 0.6 is 23.2 Å². The van der Waals surface area contributed by atoms with Gasteiger partial charge in [0.25, 0.3) is 0 Å². The predicted molar refractivity (Wildman–Crippen MR) is 109 cm³/mol. The summed E-state index contributed by atoms with van der Waals surface area (Å²) in [5, 5.41) is 1.41. The molecule has 0 aromatic heterocycles. The Hall–Kier alpha value is 0.234. The summed E-state index contributed by atoms with van der Waals surface area (Å²) < 4.78 is 0. The first-order valence-corrected chi connectivity index (χ1v) is 16.6. The molecular formula is C18H32Cl2Si2. The summed E-state index contributed by atoms with van der Waals surface area (Å²) >= 11 is 12.5. The van der Waals surface area contributed by atoms with Crippen molar-refractivity contribution >= 4 is 39.3 Å². The second-order valence-electron chi connectivity index (χ2n) is 8.86. The van der Waals surface area contributed by atoms with E-state index in [-0.39, 0.29) is 0 Å². The van der Waals surface area contributed by atoms with Crippen LogP contribution in [0.4, 0.5) is 0 Å². The van der Waals surface area contributed by atoms with Crippen LogP contribution in [-0.2, 0) is 12.8 Å². The van der Waals surface area contributed by atoms with Gasteiger partial charge >= 0.3 is 0 Å². The molecule has 126 valence electrons. The maximum atomic E-state index is 6.24. The van der Waals surface area contributed by atoms with Crippen molar-refractivity contribution in [1.29, 1.82) is 0 Å². The first-order chi connectivity index (χ1) is 9.98. The maximum Gasteiger partial charge on any atom is 0.0595 e. The topological polar surface area (TPSA) is 0 Å². The Morgan fingerprint density at radius 2 is 1.00 bits per heavy atom. The molecule has 0 nitrogen and oxygen atoms in total. The molecule has 1 aromatic carbocycles. The van der Waals surface area contributed by atoms with Gasteiger partial charge in [-0.3, -0.25) is 0 Å². The van der Waals surface area contributed by atoms with E-state index in [9.17, 15) is 0 Å². The van der Waals surface area contributed by atoms with E-state index >= 15 is 0 Å². The van der Waals surface area contributed by atoms with Gasteiger partial charge in [-0.25, -0.2) is 0 Å². The lowest BCUT2D eigenvalue weighted by atomic mass is 9.99. The second-order valence-corrected chi connectivity index (χ2v) is 20.9. The van der Waals surface area contributed by atoms with Crippen molar-refractivity contribution in [3.05, 3.63) is 33.3 Å². The third kappa shape index (κ3) is 8.19. The molecule has 0 fully saturated rings. The minimum Gasteiger partial charge on any atom is -0.0827 e. The standard InChI is InChI=1S/C18H32Cl2Si2/c1-21(2,3)11-7-9-15-13-17(19)18(20)14-16(15)10-8-12-22(4,5)6/h13-14H,7-12H2,1-6H3. The zero-order valence-corrected chi connectivity index (χ0v) is 18.7. The van der Waals surface area contributed by atoms with Gasteiger partial charge in [0, 0.05) is 16.1 Å². The number of hydrogen-bond acceptors (Lipinski definition) is 0. The average Bonchev–Trinajstić information content (AvgIpc) is 2.31. The highest BCUT2D eigenvalue weighted by atomic mass is 35.5. The lowest BCUT2D eigenvalue weighted by molar-refractivity contribution is 0.846. The summed E-state index contributed by atoms with van der Waals surface area (Å²) in [6.07, 6.45) is 4.83. The number of benzene rings is 1. The molecule has 0 aliphatic heterocycles. The largest absolute Gasteiger partial charge is 0.0827 e. The van der Waals surface area contributed by atoms with Crippen LogP contribution in [0.15, 0.2) is 12.1 Å². The van der Waals surface area contributed by atoms with E-state index in [1.54, 1.807) is 0 Å². The lowest BCUT2D eigenvalue weighted by Crippen LogP contribution is -2.19. The zero-order chi connectivity index (χ0) is 17.0. The summed E-state index contributed by atoms with van der Waals surface area (Å²) in [6, 6.07) is 6.97. The van der Waals surface area contributed by atoms with Gasteiger partial charge in [-0.2, -0.15) is 0 Å². The highest BCUT2D eigenvalue weighted by Gasteiger charge is 2.15. The molecule has 0 N–H and O–H groups in total. The third-order valence-corrected chi connectivity index (χ3v) is 8.42. The van der Waals surface area contributed by atoms with Crippen molar-refractivity contribution in [2.75, 3.05) is 0 Å². The molecule has 1 aromatic rings. The van der Waals surface area contributed by atoms with E-state index in [0.717, 1.165) is 12.8 Å². The third-order valence-electron chi connectivity index (χ3n) is 3.99. The number of rotatable bonds is 8. The zero-order valence-electron chi connectivity index (χ0n) is 15.2. The molecule has 0 saturated heterocycles. The summed E-state index contributed by atoms with van der Waals surface area (Å²) in [5.74, 6) is 0. The molecule has 0 aliphatic rings. The average molecular weight is 376 g/mol. The fraction of sp³-hybridized carbons (Fsp3) is 0.667. The summed E-state index contributed by atoms with van der Waals surface area (Å²) in [6.45, 7) is 14.6. The SMILES string of the molecule is C[Si](C)(C)CCCc1cc(Cl)c(Cl)cc1CCC[Si](C)(C)C. The smallest absolute Gasteiger partial charge is 0.0595 e. The van der Waals surface area contributed by atoms with E-state index < -0.39 is 16.1 Å². The number of halogens is 2. The van der Waals surface area contributed by atoms with Gasteiger partial charge in [0.15, 0.2) is 0 Å². The Morgan fingerprint density at radius 1 is 0.682 bits per heavy atom. The predicted octanol–water partition coefficient (Wildman–Crippen LogP) is 7.54. The highest BCUT2D eigenvalue weighted by molar-refractivity contribution is 6.76. The van der Waals surface area contributed by atoms with E-state index in [1.807, 2.05) is 0 Å². The molecule has 0 saturated carbocycles. The molecule has 0 bridgehead atoms. The van der Waals surface area contributed by atoms with Crippen LogP contribution in [0.2, 0.25) is 61.4 Å². The van der Waals surface area contributed by atoms with Crippen LogP contribution in [0.25, 0.3) is 0 Å². The molecule has 0 radical (unpaired) electrons. The van der Waals surface area contributed by atoms with Crippen LogP contribution < -0.4 is 0 Å². The molecule has 0 heterocycles. The fourth-order valence-corrected chi connectivity index (χ4v) is 5.56. The lowest BCUT2D eigenvalue weighted by Gasteiger charge is -2.18. The van der Waals surface area contributed by atoms with Crippen LogP contribution in [0.5, 0.6) is 0 Å². The Bertz CT molecular complexity index is 440. The molecular weight excluding hydrogens is 343 g/mol. The van der Waals surface area contributed by atoms with Crippen molar-refractivity contribution in [2.45, 2.75) is 77.1 Å². The van der Waals surface area contributed by atoms with Crippen molar-refractivity contribution in [3.8, 4) is 0 Å². The molecule has 1 rings (SSSR count). The van der Waals surface area contributed by atoms with E-state index in [4.69, 9.17) is 23.2 Å². The Labute approximate surface area is 149 Å².